The SMILES string of the molecule is [c]1ncnc2nccn12. The maximum absolute atomic E-state index is 3.90. The van der Waals surface area contributed by atoms with Gasteiger partial charge in [0.1, 0.15) is 6.33 Å². The van der Waals surface area contributed by atoms with Gasteiger partial charge in [-0.3, -0.25) is 4.40 Å². The first-order valence-electron chi connectivity index (χ1n) is 2.48. The Balaban J connectivity index is 2.95. The van der Waals surface area contributed by atoms with Crippen molar-refractivity contribution in [2.75, 3.05) is 0 Å². The molecule has 2 heterocycles. The summed E-state index contributed by atoms with van der Waals surface area (Å²) in [6.07, 6.45) is 7.49. The van der Waals surface area contributed by atoms with Crippen LogP contribution >= 0.6 is 0 Å². The van der Waals surface area contributed by atoms with Gasteiger partial charge in [-0.1, -0.05) is 0 Å². The van der Waals surface area contributed by atoms with Gasteiger partial charge >= 0.3 is 0 Å². The Kier molecular flexibility index (Phi) is 0.745. The van der Waals surface area contributed by atoms with E-state index in [1.807, 2.05) is 0 Å². The van der Waals surface area contributed by atoms with Crippen molar-refractivity contribution in [1.29, 1.82) is 0 Å². The van der Waals surface area contributed by atoms with Crippen LogP contribution in [0.4, 0.5) is 0 Å². The highest BCUT2D eigenvalue weighted by Gasteiger charge is 1.89. The predicted molar refractivity (Wildman–Crippen MR) is 29.6 cm³/mol. The second-order valence-corrected chi connectivity index (χ2v) is 1.57. The van der Waals surface area contributed by atoms with Crippen LogP contribution in [0.15, 0.2) is 18.7 Å². The molecule has 0 aliphatic heterocycles. The van der Waals surface area contributed by atoms with Gasteiger partial charge in [0.25, 0.3) is 0 Å². The molecule has 0 amide bonds. The molecule has 0 bridgehead atoms. The molecule has 2 rings (SSSR count). The molecule has 0 saturated heterocycles. The lowest BCUT2D eigenvalue weighted by atomic mass is 10.9. The highest BCUT2D eigenvalue weighted by atomic mass is 15.1. The molecule has 2 aromatic rings. The molecule has 4 heteroatoms. The number of aromatic nitrogens is 4. The van der Waals surface area contributed by atoms with Crippen molar-refractivity contribution in [2.45, 2.75) is 0 Å². The van der Waals surface area contributed by atoms with E-state index in [1.165, 1.54) is 6.33 Å². The molecule has 9 heavy (non-hydrogen) atoms. The van der Waals surface area contributed by atoms with Gasteiger partial charge in [0.15, 0.2) is 6.33 Å². The van der Waals surface area contributed by atoms with Crippen LogP contribution in [0.1, 0.15) is 0 Å². The Labute approximate surface area is 51.2 Å². The molecular weight excluding hydrogens is 116 g/mol. The molecule has 4 nitrogen and oxygen atoms in total. The molecule has 0 unspecified atom stereocenters. The number of nitrogens with zero attached hydrogens (tertiary/aromatic N) is 4. The predicted octanol–water partition coefficient (Wildman–Crippen LogP) is -0.0755. The van der Waals surface area contributed by atoms with Gasteiger partial charge in [-0.25, -0.2) is 15.0 Å². The van der Waals surface area contributed by atoms with E-state index < -0.39 is 0 Å². The standard InChI is InChI=1S/C5H3N4/c1-2-9-4-6-3-8-5(9)7-1/h1-3H. The molecule has 43 valence electrons. The minimum atomic E-state index is 0.630. The number of fused-ring (bicyclic) bond motifs is 1. The highest BCUT2D eigenvalue weighted by molar-refractivity contribution is 5.23. The maximum Gasteiger partial charge on any atom is 0.236 e. The van der Waals surface area contributed by atoms with Gasteiger partial charge in [-0.05, 0) is 0 Å². The largest absolute Gasteiger partial charge is 0.265 e. The smallest absolute Gasteiger partial charge is 0.236 e. The average molecular weight is 119 g/mol. The van der Waals surface area contributed by atoms with Gasteiger partial charge in [0.2, 0.25) is 5.78 Å². The third-order valence-electron chi connectivity index (χ3n) is 1.02. The lowest BCUT2D eigenvalue weighted by molar-refractivity contribution is 0.996. The van der Waals surface area contributed by atoms with E-state index in [4.69, 9.17) is 0 Å². The molecule has 0 aliphatic carbocycles. The summed E-state index contributed by atoms with van der Waals surface area (Å²) in [5, 5.41) is 0. The number of hydrogen-bond acceptors (Lipinski definition) is 3. The lowest BCUT2D eigenvalue weighted by Crippen LogP contribution is -1.87. The molecule has 2 aromatic heterocycles. The van der Waals surface area contributed by atoms with Crippen molar-refractivity contribution in [3.8, 4) is 0 Å². The first-order valence-corrected chi connectivity index (χ1v) is 2.48. The van der Waals surface area contributed by atoms with Gasteiger partial charge in [0.05, 0.1) is 0 Å². The normalized spacial score (nSPS) is 10.2. The monoisotopic (exact) mass is 119 g/mol. The first kappa shape index (κ1) is 4.43. The fraction of sp³-hybridized carbons (Fsp3) is 0. The van der Waals surface area contributed by atoms with Gasteiger partial charge in [-0.15, -0.1) is 0 Å². The summed E-state index contributed by atoms with van der Waals surface area (Å²) in [6, 6.07) is 0. The molecule has 0 spiro atoms. The molecule has 0 atom stereocenters. The van der Waals surface area contributed by atoms with E-state index in [0.717, 1.165) is 0 Å². The van der Waals surface area contributed by atoms with E-state index in [2.05, 4.69) is 21.3 Å². The van der Waals surface area contributed by atoms with E-state index in [9.17, 15) is 0 Å². The van der Waals surface area contributed by atoms with Crippen LogP contribution in [0.5, 0.6) is 0 Å². The molecule has 0 fully saturated rings. The quantitative estimate of drug-likeness (QED) is 0.487. The zero-order chi connectivity index (χ0) is 6.10. The van der Waals surface area contributed by atoms with Crippen molar-refractivity contribution in [3.63, 3.8) is 0 Å². The summed E-state index contributed by atoms with van der Waals surface area (Å²) in [5.74, 6) is 0.630. The minimum Gasteiger partial charge on any atom is -0.265 e. The first-order chi connectivity index (χ1) is 4.47. The molecule has 0 saturated carbocycles. The molecule has 0 aliphatic rings. The Bertz CT molecular complexity index is 283. The lowest BCUT2D eigenvalue weighted by Gasteiger charge is -1.83. The fourth-order valence-corrected chi connectivity index (χ4v) is 0.638. The van der Waals surface area contributed by atoms with Crippen molar-refractivity contribution in [1.82, 2.24) is 19.4 Å². The maximum atomic E-state index is 3.90. The van der Waals surface area contributed by atoms with Crippen LogP contribution in [0.3, 0.4) is 0 Å². The van der Waals surface area contributed by atoms with Gasteiger partial charge in [0, 0.05) is 12.4 Å². The third kappa shape index (κ3) is 0.561. The average Bonchev–Trinajstić information content (AvgIpc) is 2.33. The van der Waals surface area contributed by atoms with E-state index in [1.54, 1.807) is 16.8 Å². The van der Waals surface area contributed by atoms with Crippen molar-refractivity contribution in [3.05, 3.63) is 25.0 Å². The van der Waals surface area contributed by atoms with Crippen LogP contribution in [0.25, 0.3) is 5.78 Å². The third-order valence-corrected chi connectivity index (χ3v) is 1.02. The van der Waals surface area contributed by atoms with Crippen molar-refractivity contribution >= 4 is 5.78 Å². The topological polar surface area (TPSA) is 43.1 Å². The van der Waals surface area contributed by atoms with Crippen LogP contribution in [-0.4, -0.2) is 19.4 Å². The van der Waals surface area contributed by atoms with E-state index in [-0.39, 0.29) is 0 Å². The Morgan fingerprint density at radius 1 is 1.44 bits per heavy atom. The number of hydrogen-bond donors (Lipinski definition) is 0. The van der Waals surface area contributed by atoms with Crippen LogP contribution in [-0.2, 0) is 0 Å². The van der Waals surface area contributed by atoms with Crippen molar-refractivity contribution in [2.24, 2.45) is 0 Å². The fourth-order valence-electron chi connectivity index (χ4n) is 0.638. The van der Waals surface area contributed by atoms with Crippen LogP contribution < -0.4 is 0 Å². The summed E-state index contributed by atoms with van der Waals surface area (Å²) in [4.78, 5) is 11.4. The zero-order valence-corrected chi connectivity index (χ0v) is 4.52. The molecular formula is C5H3N4. The molecule has 1 radical (unpaired) electrons. The summed E-state index contributed by atoms with van der Waals surface area (Å²) < 4.78 is 1.62. The summed E-state index contributed by atoms with van der Waals surface area (Å²) in [6.45, 7) is 0. The van der Waals surface area contributed by atoms with E-state index >= 15 is 0 Å². The second kappa shape index (κ2) is 1.51. The molecule has 0 aromatic carbocycles. The van der Waals surface area contributed by atoms with Crippen LogP contribution in [0, 0.1) is 6.33 Å². The van der Waals surface area contributed by atoms with Gasteiger partial charge < -0.3 is 0 Å². The summed E-state index contributed by atoms with van der Waals surface area (Å²) >= 11 is 0. The number of imidazole rings is 1. The van der Waals surface area contributed by atoms with E-state index in [0.29, 0.717) is 5.78 Å². The zero-order valence-electron chi connectivity index (χ0n) is 4.52. The number of rotatable bonds is 0. The minimum absolute atomic E-state index is 0.630. The Hall–Kier alpha value is -1.45. The highest BCUT2D eigenvalue weighted by Crippen LogP contribution is 1.88. The van der Waals surface area contributed by atoms with Crippen molar-refractivity contribution < 1.29 is 0 Å². The van der Waals surface area contributed by atoms with Crippen LogP contribution in [0.2, 0.25) is 0 Å². The Morgan fingerprint density at radius 3 is 3.33 bits per heavy atom. The Morgan fingerprint density at radius 2 is 2.44 bits per heavy atom. The molecule has 0 N–H and O–H groups in total. The second-order valence-electron chi connectivity index (χ2n) is 1.57. The summed E-state index contributed by atoms with van der Waals surface area (Å²) in [5.41, 5.74) is 0. The van der Waals surface area contributed by atoms with Gasteiger partial charge in [-0.2, -0.15) is 0 Å². The summed E-state index contributed by atoms with van der Waals surface area (Å²) in [7, 11) is 0.